The zero-order valence-electron chi connectivity index (χ0n) is 21.1. The van der Waals surface area contributed by atoms with Crippen LogP contribution in [0.25, 0.3) is 0 Å². The zero-order valence-corrected chi connectivity index (χ0v) is 21.1. The topological polar surface area (TPSA) is 63.6 Å². The summed E-state index contributed by atoms with van der Waals surface area (Å²) in [5.41, 5.74) is 2.61. The predicted molar refractivity (Wildman–Crippen MR) is 128 cm³/mol. The van der Waals surface area contributed by atoms with Gasteiger partial charge in [-0.2, -0.15) is 0 Å². The van der Waals surface area contributed by atoms with E-state index in [4.69, 9.17) is 4.74 Å². The maximum atomic E-state index is 13.5. The molecule has 9 unspecified atom stereocenters. The third kappa shape index (κ3) is 3.58. The van der Waals surface area contributed by atoms with Crippen LogP contribution in [-0.4, -0.2) is 29.1 Å². The van der Waals surface area contributed by atoms with Crippen molar-refractivity contribution in [2.24, 2.45) is 46.3 Å². The summed E-state index contributed by atoms with van der Waals surface area (Å²) in [5.74, 6) is 2.22. The van der Waals surface area contributed by atoms with E-state index in [0.717, 1.165) is 44.9 Å². The van der Waals surface area contributed by atoms with Gasteiger partial charge in [0, 0.05) is 18.4 Å². The molecular formula is C29H42O4. The zero-order chi connectivity index (χ0) is 23.7. The van der Waals surface area contributed by atoms with Gasteiger partial charge < -0.3 is 9.84 Å². The van der Waals surface area contributed by atoms with Crippen molar-refractivity contribution in [1.29, 1.82) is 0 Å². The van der Waals surface area contributed by atoms with Crippen molar-refractivity contribution in [1.82, 2.24) is 0 Å². The van der Waals surface area contributed by atoms with E-state index in [1.54, 1.807) is 6.08 Å². The summed E-state index contributed by atoms with van der Waals surface area (Å²) in [5, 5.41) is 10.2. The average molecular weight is 455 g/mol. The highest BCUT2D eigenvalue weighted by Crippen LogP contribution is 2.66. The molecule has 0 radical (unpaired) electrons. The average Bonchev–Trinajstić information content (AvgIpc) is 3.11. The number of ether oxygens (including phenoxy) is 1. The van der Waals surface area contributed by atoms with Crippen molar-refractivity contribution in [2.45, 2.75) is 98.2 Å². The molecule has 9 atom stereocenters. The molecule has 0 saturated heterocycles. The molecule has 0 aromatic rings. The van der Waals surface area contributed by atoms with Gasteiger partial charge in [0.05, 0.1) is 6.10 Å². The molecule has 1 heterocycles. The Morgan fingerprint density at radius 3 is 2.45 bits per heavy atom. The fraction of sp³-hybridized carbons (Fsp3) is 0.793. The van der Waals surface area contributed by atoms with Gasteiger partial charge in [-0.3, -0.25) is 4.79 Å². The third-order valence-corrected chi connectivity index (χ3v) is 11.0. The maximum Gasteiger partial charge on any atom is 0.331 e. The largest absolute Gasteiger partial charge is 0.459 e. The number of rotatable bonds is 3. The van der Waals surface area contributed by atoms with Gasteiger partial charge in [-0.15, -0.1) is 0 Å². The van der Waals surface area contributed by atoms with Crippen LogP contribution in [0.3, 0.4) is 0 Å². The van der Waals surface area contributed by atoms with Crippen molar-refractivity contribution in [3.8, 4) is 0 Å². The minimum atomic E-state index is -0.290. The van der Waals surface area contributed by atoms with Crippen LogP contribution >= 0.6 is 0 Å². The van der Waals surface area contributed by atoms with E-state index >= 15 is 0 Å². The molecule has 4 nitrogen and oxygen atoms in total. The molecule has 5 aliphatic rings. The number of carbonyl (C=O) groups is 2. The van der Waals surface area contributed by atoms with Crippen LogP contribution in [0.2, 0.25) is 0 Å². The monoisotopic (exact) mass is 454 g/mol. The Bertz CT molecular complexity index is 899. The molecule has 1 aliphatic heterocycles. The number of aliphatic hydroxyl groups is 1. The number of hydrogen-bond acceptors (Lipinski definition) is 4. The summed E-state index contributed by atoms with van der Waals surface area (Å²) >= 11 is 0. The lowest BCUT2D eigenvalue weighted by Crippen LogP contribution is -2.54. The van der Waals surface area contributed by atoms with Crippen molar-refractivity contribution in [3.63, 3.8) is 0 Å². The first-order valence-corrected chi connectivity index (χ1v) is 13.4. The molecule has 182 valence electrons. The molecule has 0 amide bonds. The molecule has 0 spiro atoms. The van der Waals surface area contributed by atoms with Gasteiger partial charge in [-0.25, -0.2) is 4.79 Å². The van der Waals surface area contributed by atoms with Gasteiger partial charge >= 0.3 is 5.97 Å². The number of allylic oxidation sites excluding steroid dienone is 1. The summed E-state index contributed by atoms with van der Waals surface area (Å²) in [6.45, 7) is 11.4. The van der Waals surface area contributed by atoms with Crippen molar-refractivity contribution in [2.75, 3.05) is 0 Å². The Kier molecular flexibility index (Phi) is 5.70. The summed E-state index contributed by atoms with van der Waals surface area (Å²) in [6, 6.07) is 0. The number of ketones is 1. The molecule has 0 aromatic carbocycles. The Hall–Kier alpha value is -1.42. The molecule has 1 N–H and O–H groups in total. The number of fused-ring (bicyclic) bond motifs is 5. The van der Waals surface area contributed by atoms with Crippen LogP contribution in [0.5, 0.6) is 0 Å². The second-order valence-electron chi connectivity index (χ2n) is 12.8. The Morgan fingerprint density at radius 1 is 0.970 bits per heavy atom. The van der Waals surface area contributed by atoms with E-state index in [1.165, 1.54) is 11.1 Å². The smallest absolute Gasteiger partial charge is 0.331 e. The van der Waals surface area contributed by atoms with Crippen LogP contribution in [0, 0.1) is 46.3 Å². The Balaban J connectivity index is 1.40. The van der Waals surface area contributed by atoms with Gasteiger partial charge in [0.25, 0.3) is 0 Å². The van der Waals surface area contributed by atoms with E-state index in [2.05, 4.69) is 34.6 Å². The van der Waals surface area contributed by atoms with Crippen LogP contribution in [-0.2, 0) is 14.3 Å². The van der Waals surface area contributed by atoms with Gasteiger partial charge in [-0.05, 0) is 91.4 Å². The first kappa shape index (κ1) is 23.3. The lowest BCUT2D eigenvalue weighted by Gasteiger charge is -2.57. The van der Waals surface area contributed by atoms with E-state index in [1.807, 2.05) is 6.08 Å². The van der Waals surface area contributed by atoms with Gasteiger partial charge in [-0.1, -0.05) is 45.8 Å². The van der Waals surface area contributed by atoms with E-state index in [0.29, 0.717) is 41.8 Å². The number of cyclic esters (lactones) is 1. The fourth-order valence-corrected chi connectivity index (χ4v) is 8.91. The molecule has 4 aliphatic carbocycles. The Labute approximate surface area is 199 Å². The predicted octanol–water partition coefficient (Wildman–Crippen LogP) is 5.64. The van der Waals surface area contributed by atoms with E-state index in [9.17, 15) is 14.7 Å². The lowest BCUT2D eigenvalue weighted by molar-refractivity contribution is -0.150. The summed E-state index contributed by atoms with van der Waals surface area (Å²) < 4.78 is 5.87. The number of carbonyl (C=O) groups excluding carboxylic acids is 2. The highest BCUT2D eigenvalue weighted by atomic mass is 16.5. The summed E-state index contributed by atoms with van der Waals surface area (Å²) in [7, 11) is 0. The highest BCUT2D eigenvalue weighted by Gasteiger charge is 2.62. The number of aliphatic hydroxyl groups excluding tert-OH is 1. The minimum Gasteiger partial charge on any atom is -0.459 e. The molecule has 5 rings (SSSR count). The maximum absolute atomic E-state index is 13.5. The molecule has 4 heteroatoms. The standard InChI is InChI=1S/C29H42O4/c1-16(2)18-12-25(33-26(32)13-18)17(3)21-6-7-22-27-23(9-11-29(21,22)5)28(4)10-8-20(30)14-19(28)15-24(27)31/h13,15-17,20-23,25,27,30H,6-12,14H2,1-5H3. The second kappa shape index (κ2) is 8.07. The lowest BCUT2D eigenvalue weighted by atomic mass is 9.46. The van der Waals surface area contributed by atoms with Gasteiger partial charge in [0.1, 0.15) is 6.10 Å². The molecule has 0 aromatic heterocycles. The highest BCUT2D eigenvalue weighted by molar-refractivity contribution is 5.94. The first-order chi connectivity index (χ1) is 15.5. The molecule has 33 heavy (non-hydrogen) atoms. The molecule has 3 fully saturated rings. The molecule has 0 bridgehead atoms. The summed E-state index contributed by atoms with van der Waals surface area (Å²) in [6.07, 6.45) is 11.1. The van der Waals surface area contributed by atoms with Crippen LogP contribution in [0.15, 0.2) is 23.3 Å². The fourth-order valence-electron chi connectivity index (χ4n) is 8.91. The van der Waals surface area contributed by atoms with Crippen LogP contribution in [0.4, 0.5) is 0 Å². The van der Waals surface area contributed by atoms with Crippen LogP contribution < -0.4 is 0 Å². The van der Waals surface area contributed by atoms with Gasteiger partial charge in [0.2, 0.25) is 0 Å². The number of esters is 1. The first-order valence-electron chi connectivity index (χ1n) is 13.4. The van der Waals surface area contributed by atoms with Crippen LogP contribution in [0.1, 0.15) is 86.0 Å². The Morgan fingerprint density at radius 2 is 1.73 bits per heavy atom. The van der Waals surface area contributed by atoms with Crippen molar-refractivity contribution >= 4 is 11.8 Å². The second-order valence-corrected chi connectivity index (χ2v) is 12.8. The van der Waals surface area contributed by atoms with Crippen molar-refractivity contribution < 1.29 is 19.4 Å². The van der Waals surface area contributed by atoms with E-state index < -0.39 is 0 Å². The van der Waals surface area contributed by atoms with Crippen molar-refractivity contribution in [3.05, 3.63) is 23.3 Å². The quantitative estimate of drug-likeness (QED) is 0.561. The van der Waals surface area contributed by atoms with Gasteiger partial charge in [0.15, 0.2) is 5.78 Å². The van der Waals surface area contributed by atoms with E-state index in [-0.39, 0.29) is 34.9 Å². The number of hydrogen-bond donors (Lipinski definition) is 1. The normalized spacial score (nSPS) is 46.0. The molecular weight excluding hydrogens is 412 g/mol. The SMILES string of the molecule is CC(C)C1=CC(=O)OC(C(C)C2CCC3C4C(=O)C=C5CC(O)CCC5(C)C4CCC23C)C1. The summed E-state index contributed by atoms with van der Waals surface area (Å²) in [4.78, 5) is 25.8. The minimum absolute atomic E-state index is 0.0518. The molecule has 3 saturated carbocycles. The third-order valence-electron chi connectivity index (χ3n) is 11.0.